The van der Waals surface area contributed by atoms with Crippen molar-refractivity contribution >= 4 is 28.9 Å². The molecule has 0 spiro atoms. The van der Waals surface area contributed by atoms with E-state index in [9.17, 15) is 18.0 Å². The highest BCUT2D eigenvalue weighted by atomic mass is 35.5. The zero-order chi connectivity index (χ0) is 24.5. The van der Waals surface area contributed by atoms with Crippen molar-refractivity contribution in [2.75, 3.05) is 25.0 Å². The van der Waals surface area contributed by atoms with E-state index in [1.807, 2.05) is 42.5 Å². The Hall–Kier alpha value is -3.32. The molecule has 3 aromatic rings. The molecule has 1 atom stereocenters. The second kappa shape index (κ2) is 9.14. The molecule has 0 saturated carbocycles. The van der Waals surface area contributed by atoms with Gasteiger partial charge < -0.3 is 4.90 Å². The molecule has 0 saturated heterocycles. The summed E-state index contributed by atoms with van der Waals surface area (Å²) < 4.78 is 38.6. The second-order valence-corrected chi connectivity index (χ2v) is 8.91. The quantitative estimate of drug-likeness (QED) is 0.444. The summed E-state index contributed by atoms with van der Waals surface area (Å²) in [7, 11) is 1.54. The first-order chi connectivity index (χ1) is 16.1. The molecule has 8 heteroatoms. The normalized spacial score (nSPS) is 18.1. The average molecular weight is 486 g/mol. The molecular formula is C26H23ClF3N3O. The first-order valence-corrected chi connectivity index (χ1v) is 11.0. The molecule has 4 rings (SSSR count). The molecular weight excluding hydrogens is 463 g/mol. The molecule has 0 N–H and O–H groups in total. The van der Waals surface area contributed by atoms with Crippen LogP contribution in [-0.4, -0.2) is 36.8 Å². The van der Waals surface area contributed by atoms with E-state index < -0.39 is 17.2 Å². The number of alkyl halides is 3. The summed E-state index contributed by atoms with van der Waals surface area (Å²) in [6.07, 6.45) is -4.43. The maximum atomic E-state index is 13.0. The Kier molecular flexibility index (Phi) is 6.41. The summed E-state index contributed by atoms with van der Waals surface area (Å²) in [6, 6.07) is 21.9. The molecule has 0 aromatic heterocycles. The molecule has 1 heterocycles. The van der Waals surface area contributed by atoms with Crippen molar-refractivity contribution in [1.29, 1.82) is 0 Å². The SMILES string of the molecule is CN(C(=O)CN1CC(C)(c2ccccc2)C(c2ccc(Cl)cc2)=N1)c1ccc(C(F)(F)F)cc1. The molecule has 176 valence electrons. The van der Waals surface area contributed by atoms with Crippen molar-refractivity contribution in [3.05, 3.63) is 101 Å². The van der Waals surface area contributed by atoms with Crippen LogP contribution in [0.15, 0.2) is 84.0 Å². The number of benzene rings is 3. The number of amides is 1. The minimum atomic E-state index is -4.43. The summed E-state index contributed by atoms with van der Waals surface area (Å²) in [5.41, 5.74) is 1.94. The summed E-state index contributed by atoms with van der Waals surface area (Å²) in [5, 5.41) is 7.12. The van der Waals surface area contributed by atoms with E-state index in [0.29, 0.717) is 17.3 Å². The predicted octanol–water partition coefficient (Wildman–Crippen LogP) is 6.00. The highest BCUT2D eigenvalue weighted by Gasteiger charge is 2.41. The number of carbonyl (C=O) groups excluding carboxylic acids is 1. The van der Waals surface area contributed by atoms with Gasteiger partial charge in [-0.1, -0.05) is 54.1 Å². The predicted molar refractivity (Wildman–Crippen MR) is 128 cm³/mol. The van der Waals surface area contributed by atoms with Crippen LogP contribution in [0.4, 0.5) is 18.9 Å². The fourth-order valence-corrected chi connectivity index (χ4v) is 4.24. The van der Waals surface area contributed by atoms with E-state index in [-0.39, 0.29) is 12.5 Å². The monoisotopic (exact) mass is 485 g/mol. The van der Waals surface area contributed by atoms with Crippen molar-refractivity contribution in [3.8, 4) is 0 Å². The molecule has 0 radical (unpaired) electrons. The number of anilines is 1. The third kappa shape index (κ3) is 4.80. The molecule has 4 nitrogen and oxygen atoms in total. The van der Waals surface area contributed by atoms with E-state index >= 15 is 0 Å². The third-order valence-corrected chi connectivity index (χ3v) is 6.32. The Labute approximate surface area is 201 Å². The first kappa shape index (κ1) is 23.8. The van der Waals surface area contributed by atoms with Crippen molar-refractivity contribution in [1.82, 2.24) is 5.01 Å². The van der Waals surface area contributed by atoms with Crippen molar-refractivity contribution in [3.63, 3.8) is 0 Å². The highest BCUT2D eigenvalue weighted by Crippen LogP contribution is 2.35. The largest absolute Gasteiger partial charge is 0.416 e. The van der Waals surface area contributed by atoms with Gasteiger partial charge in [-0.3, -0.25) is 9.80 Å². The van der Waals surface area contributed by atoms with Gasteiger partial charge in [-0.15, -0.1) is 0 Å². The van der Waals surface area contributed by atoms with Crippen LogP contribution in [-0.2, 0) is 16.4 Å². The van der Waals surface area contributed by atoms with Gasteiger partial charge in [0.05, 0.1) is 23.2 Å². The Morgan fingerprint density at radius 3 is 2.24 bits per heavy atom. The fraction of sp³-hybridized carbons (Fsp3) is 0.231. The maximum Gasteiger partial charge on any atom is 0.416 e. The first-order valence-electron chi connectivity index (χ1n) is 10.7. The van der Waals surface area contributed by atoms with Crippen LogP contribution in [0.5, 0.6) is 0 Å². The van der Waals surface area contributed by atoms with Crippen LogP contribution in [0.1, 0.15) is 23.6 Å². The molecule has 34 heavy (non-hydrogen) atoms. The minimum Gasteiger partial charge on any atom is -0.314 e. The van der Waals surface area contributed by atoms with Crippen molar-refractivity contribution in [2.24, 2.45) is 5.10 Å². The van der Waals surface area contributed by atoms with Gasteiger partial charge in [-0.2, -0.15) is 18.3 Å². The van der Waals surface area contributed by atoms with Crippen LogP contribution in [0, 0.1) is 0 Å². The summed E-state index contributed by atoms with van der Waals surface area (Å²) in [6.45, 7) is 2.54. The van der Waals surface area contributed by atoms with Crippen LogP contribution >= 0.6 is 11.6 Å². The molecule has 0 aliphatic carbocycles. The number of hydrogen-bond acceptors (Lipinski definition) is 3. The van der Waals surface area contributed by atoms with Crippen LogP contribution in [0.2, 0.25) is 5.02 Å². The van der Waals surface area contributed by atoms with Gasteiger partial charge in [-0.05, 0) is 54.4 Å². The molecule has 0 bridgehead atoms. The van der Waals surface area contributed by atoms with Gasteiger partial charge in [0.2, 0.25) is 5.91 Å². The van der Waals surface area contributed by atoms with E-state index in [4.69, 9.17) is 16.7 Å². The number of hydrazone groups is 1. The zero-order valence-corrected chi connectivity index (χ0v) is 19.4. The third-order valence-electron chi connectivity index (χ3n) is 6.07. The lowest BCUT2D eigenvalue weighted by Crippen LogP contribution is -2.40. The smallest absolute Gasteiger partial charge is 0.314 e. The fourth-order valence-electron chi connectivity index (χ4n) is 4.12. The van der Waals surface area contributed by atoms with E-state index in [0.717, 1.165) is 29.0 Å². The number of carbonyl (C=O) groups is 1. The second-order valence-electron chi connectivity index (χ2n) is 8.47. The molecule has 1 aliphatic heterocycles. The Morgan fingerprint density at radius 2 is 1.65 bits per heavy atom. The van der Waals surface area contributed by atoms with Crippen molar-refractivity contribution < 1.29 is 18.0 Å². The van der Waals surface area contributed by atoms with E-state index in [1.165, 1.54) is 17.0 Å². The van der Waals surface area contributed by atoms with Crippen LogP contribution in [0.3, 0.4) is 0 Å². The topological polar surface area (TPSA) is 35.9 Å². The summed E-state index contributed by atoms with van der Waals surface area (Å²) in [5.74, 6) is -0.281. The minimum absolute atomic E-state index is 0.0168. The molecule has 0 fully saturated rings. The molecule has 1 unspecified atom stereocenters. The van der Waals surface area contributed by atoms with Gasteiger partial charge in [-0.25, -0.2) is 0 Å². The van der Waals surface area contributed by atoms with Gasteiger partial charge in [0, 0.05) is 17.8 Å². The lowest BCUT2D eigenvalue weighted by molar-refractivity contribution is -0.137. The number of halogens is 4. The Balaban J connectivity index is 1.58. The summed E-state index contributed by atoms with van der Waals surface area (Å²) in [4.78, 5) is 14.3. The maximum absolute atomic E-state index is 13.0. The number of nitrogens with zero attached hydrogens (tertiary/aromatic N) is 3. The van der Waals surface area contributed by atoms with E-state index in [1.54, 1.807) is 24.2 Å². The molecule has 3 aromatic carbocycles. The van der Waals surface area contributed by atoms with Gasteiger partial charge in [0.25, 0.3) is 0 Å². The summed E-state index contributed by atoms with van der Waals surface area (Å²) >= 11 is 6.07. The van der Waals surface area contributed by atoms with Gasteiger partial charge in [0.15, 0.2) is 0 Å². The number of rotatable bonds is 5. The van der Waals surface area contributed by atoms with Crippen molar-refractivity contribution in [2.45, 2.75) is 18.5 Å². The number of likely N-dealkylation sites (N-methyl/N-ethyl adjacent to an activating group) is 1. The molecule has 1 aliphatic rings. The lowest BCUT2D eigenvalue weighted by Gasteiger charge is -2.28. The highest BCUT2D eigenvalue weighted by molar-refractivity contribution is 6.30. The Bertz CT molecular complexity index is 1190. The average Bonchev–Trinajstić information content (AvgIpc) is 3.16. The standard InChI is InChI=1S/C26H23ClF3N3O/c1-25(19-6-4-3-5-7-19)17-33(31-24(25)18-8-12-21(27)13-9-18)16-23(34)32(2)22-14-10-20(11-15-22)26(28,29)30/h3-15H,16-17H2,1-2H3. The molecule has 1 amide bonds. The number of hydrogen-bond donors (Lipinski definition) is 0. The van der Waals surface area contributed by atoms with Crippen LogP contribution in [0.25, 0.3) is 0 Å². The Morgan fingerprint density at radius 1 is 1.03 bits per heavy atom. The lowest BCUT2D eigenvalue weighted by atomic mass is 9.76. The van der Waals surface area contributed by atoms with Gasteiger partial charge >= 0.3 is 6.18 Å². The van der Waals surface area contributed by atoms with Crippen LogP contribution < -0.4 is 4.90 Å². The van der Waals surface area contributed by atoms with E-state index in [2.05, 4.69) is 6.92 Å². The van der Waals surface area contributed by atoms with Gasteiger partial charge in [0.1, 0.15) is 6.54 Å². The zero-order valence-electron chi connectivity index (χ0n) is 18.7.